The van der Waals surface area contributed by atoms with Gasteiger partial charge in [-0.05, 0) is 24.3 Å². The Labute approximate surface area is 243 Å². The molecule has 0 radical (unpaired) electrons. The third-order valence-corrected chi connectivity index (χ3v) is 8.50. The zero-order valence-electron chi connectivity index (χ0n) is 25.7. The van der Waals surface area contributed by atoms with Crippen molar-refractivity contribution in [3.05, 3.63) is 24.3 Å². The van der Waals surface area contributed by atoms with Crippen molar-refractivity contribution in [1.82, 2.24) is 0 Å². The Kier molecular flexibility index (Phi) is 11.1. The molecule has 1 saturated carbocycles. The fraction of sp³-hybridized carbons (Fsp3) is 0.742. The van der Waals surface area contributed by atoms with Gasteiger partial charge in [-0.1, -0.05) is 74.1 Å². The molecule has 232 valence electrons. The van der Waals surface area contributed by atoms with E-state index < -0.39 is 94.8 Å². The minimum atomic E-state index is -2.14. The first-order valence-electron chi connectivity index (χ1n) is 14.4. The van der Waals surface area contributed by atoms with Gasteiger partial charge in [0.1, 0.15) is 17.8 Å². The van der Waals surface area contributed by atoms with E-state index in [0.29, 0.717) is 6.42 Å². The van der Waals surface area contributed by atoms with E-state index >= 15 is 0 Å². The molecule has 10 heteroatoms. The van der Waals surface area contributed by atoms with Crippen LogP contribution in [0.5, 0.6) is 0 Å². The lowest BCUT2D eigenvalue weighted by atomic mass is 9.72. The first kappa shape index (κ1) is 34.6. The zero-order chi connectivity index (χ0) is 31.6. The van der Waals surface area contributed by atoms with Crippen LogP contribution in [0.15, 0.2) is 24.3 Å². The molecule has 41 heavy (non-hydrogen) atoms. The lowest BCUT2D eigenvalue weighted by Gasteiger charge is -2.42. The fourth-order valence-electron chi connectivity index (χ4n) is 5.57. The van der Waals surface area contributed by atoms with E-state index in [0.717, 1.165) is 0 Å². The van der Waals surface area contributed by atoms with Crippen LogP contribution >= 0.6 is 0 Å². The Balaban J connectivity index is 2.85. The molecule has 0 spiro atoms. The molecule has 0 aromatic carbocycles. The summed E-state index contributed by atoms with van der Waals surface area (Å²) in [6, 6.07) is 0. The number of aliphatic hydroxyl groups is 3. The Hall–Kier alpha value is -2.56. The molecule has 0 aliphatic heterocycles. The molecule has 0 bridgehead atoms. The van der Waals surface area contributed by atoms with Crippen LogP contribution in [0.3, 0.4) is 0 Å². The van der Waals surface area contributed by atoms with Crippen molar-refractivity contribution >= 4 is 23.7 Å². The van der Waals surface area contributed by atoms with Crippen LogP contribution in [-0.4, -0.2) is 75.1 Å². The maximum absolute atomic E-state index is 13.8. The number of esters is 3. The summed E-state index contributed by atoms with van der Waals surface area (Å²) >= 11 is 0. The summed E-state index contributed by atoms with van der Waals surface area (Å²) < 4.78 is 17.1. The van der Waals surface area contributed by atoms with Crippen LogP contribution in [0.25, 0.3) is 0 Å². The maximum atomic E-state index is 13.8. The molecule has 1 fully saturated rings. The standard InChI is InChI=1S/C31H48O10/c1-11-16(4)29(37)41-25-24(40-28(36)15(2)3)19(7)22(33)21-23(39-20(8)32)18(6)14-31(21,38)26(34)17(5)12-13-30(9,10)27(25)35/h12-13,15-18,21-25,27,33,35,38H,7,11,14H2,1-6,8-10H3/b13-12+/t16?,17-,18-,21-,22-,23-,24-,25+,27+,31+/m0/s1. The average molecular weight is 581 g/mol. The topological polar surface area (TPSA) is 157 Å². The summed E-state index contributed by atoms with van der Waals surface area (Å²) in [5.41, 5.74) is -3.48. The third-order valence-electron chi connectivity index (χ3n) is 8.50. The predicted octanol–water partition coefficient (Wildman–Crippen LogP) is 2.91. The minimum absolute atomic E-state index is 0.105. The van der Waals surface area contributed by atoms with Gasteiger partial charge in [0.2, 0.25) is 0 Å². The summed E-state index contributed by atoms with van der Waals surface area (Å²) in [6.07, 6.45) is -3.94. The van der Waals surface area contributed by atoms with Crippen molar-refractivity contribution in [3.63, 3.8) is 0 Å². The number of Topliss-reactive ketones (excluding diaryl/α,β-unsaturated/α-hetero) is 1. The summed E-state index contributed by atoms with van der Waals surface area (Å²) in [5.74, 6) is -6.57. The molecule has 10 nitrogen and oxygen atoms in total. The first-order valence-corrected chi connectivity index (χ1v) is 14.4. The second-order valence-electron chi connectivity index (χ2n) is 12.7. The Morgan fingerprint density at radius 1 is 1.05 bits per heavy atom. The number of carbonyl (C=O) groups is 4. The molecule has 3 N–H and O–H groups in total. The van der Waals surface area contributed by atoms with Gasteiger partial charge in [0.05, 0.1) is 23.9 Å². The molecule has 2 aliphatic rings. The van der Waals surface area contributed by atoms with Gasteiger partial charge in [-0.3, -0.25) is 19.2 Å². The highest BCUT2D eigenvalue weighted by Gasteiger charge is 2.61. The molecule has 2 rings (SSSR count). The second-order valence-corrected chi connectivity index (χ2v) is 12.7. The van der Waals surface area contributed by atoms with Crippen LogP contribution < -0.4 is 0 Å². The number of ketones is 1. The van der Waals surface area contributed by atoms with E-state index in [1.54, 1.807) is 61.5 Å². The van der Waals surface area contributed by atoms with E-state index in [1.165, 1.54) is 13.0 Å². The van der Waals surface area contributed by atoms with Gasteiger partial charge in [0.25, 0.3) is 0 Å². The largest absolute Gasteiger partial charge is 0.462 e. The first-order chi connectivity index (χ1) is 18.8. The van der Waals surface area contributed by atoms with Gasteiger partial charge in [-0.15, -0.1) is 0 Å². The van der Waals surface area contributed by atoms with E-state index in [9.17, 15) is 34.5 Å². The molecule has 0 aromatic rings. The normalized spacial score (nSPS) is 37.3. The van der Waals surface area contributed by atoms with Crippen LogP contribution in [0.4, 0.5) is 0 Å². The van der Waals surface area contributed by atoms with Gasteiger partial charge < -0.3 is 29.5 Å². The third kappa shape index (κ3) is 7.27. The van der Waals surface area contributed by atoms with Crippen molar-refractivity contribution in [3.8, 4) is 0 Å². The number of hydrogen-bond acceptors (Lipinski definition) is 10. The van der Waals surface area contributed by atoms with Crippen molar-refractivity contribution < 1.29 is 48.7 Å². The molecular formula is C31H48O10. The van der Waals surface area contributed by atoms with Crippen molar-refractivity contribution in [2.24, 2.45) is 35.0 Å². The van der Waals surface area contributed by atoms with Crippen molar-refractivity contribution in [2.45, 2.75) is 111 Å². The average Bonchev–Trinajstić information content (AvgIpc) is 3.15. The molecule has 0 heterocycles. The molecule has 0 aromatic heterocycles. The number of hydrogen-bond donors (Lipinski definition) is 3. The van der Waals surface area contributed by atoms with Gasteiger partial charge >= 0.3 is 17.9 Å². The van der Waals surface area contributed by atoms with Gasteiger partial charge in [0, 0.05) is 18.3 Å². The molecule has 2 aliphatic carbocycles. The number of allylic oxidation sites excluding steroid dienone is 1. The van der Waals surface area contributed by atoms with E-state index in [1.807, 2.05) is 0 Å². The lowest BCUT2D eigenvalue weighted by Crippen LogP contribution is -2.57. The van der Waals surface area contributed by atoms with Crippen LogP contribution in [-0.2, 0) is 33.4 Å². The Bertz CT molecular complexity index is 1050. The molecule has 1 unspecified atom stereocenters. The predicted molar refractivity (Wildman–Crippen MR) is 150 cm³/mol. The summed E-state index contributed by atoms with van der Waals surface area (Å²) in [4.78, 5) is 51.8. The highest BCUT2D eigenvalue weighted by atomic mass is 16.6. The van der Waals surface area contributed by atoms with E-state index in [4.69, 9.17) is 14.2 Å². The Morgan fingerprint density at radius 2 is 1.63 bits per heavy atom. The Morgan fingerprint density at radius 3 is 2.15 bits per heavy atom. The molecule has 0 amide bonds. The van der Waals surface area contributed by atoms with Crippen LogP contribution in [0.2, 0.25) is 0 Å². The fourth-order valence-corrected chi connectivity index (χ4v) is 5.57. The van der Waals surface area contributed by atoms with Crippen molar-refractivity contribution in [1.29, 1.82) is 0 Å². The maximum Gasteiger partial charge on any atom is 0.309 e. The van der Waals surface area contributed by atoms with Gasteiger partial charge in [-0.2, -0.15) is 0 Å². The van der Waals surface area contributed by atoms with E-state index in [2.05, 4.69) is 6.58 Å². The lowest BCUT2D eigenvalue weighted by molar-refractivity contribution is -0.186. The number of ether oxygens (including phenoxy) is 3. The van der Waals surface area contributed by atoms with Crippen LogP contribution in [0, 0.1) is 35.0 Å². The summed E-state index contributed by atoms with van der Waals surface area (Å²) in [7, 11) is 0. The van der Waals surface area contributed by atoms with E-state index in [-0.39, 0.29) is 12.0 Å². The zero-order valence-corrected chi connectivity index (χ0v) is 25.7. The smallest absolute Gasteiger partial charge is 0.309 e. The monoisotopic (exact) mass is 580 g/mol. The quantitative estimate of drug-likeness (QED) is 0.242. The number of aliphatic hydroxyl groups excluding tert-OH is 2. The second kappa shape index (κ2) is 13.2. The molecular weight excluding hydrogens is 532 g/mol. The number of carbonyl (C=O) groups excluding carboxylic acids is 4. The molecule has 10 atom stereocenters. The van der Waals surface area contributed by atoms with Gasteiger partial charge in [-0.25, -0.2) is 0 Å². The summed E-state index contributed by atoms with van der Waals surface area (Å²) in [6.45, 7) is 18.4. The summed E-state index contributed by atoms with van der Waals surface area (Å²) in [5, 5.41) is 35.4. The SMILES string of the molecule is C=C1[C@H](O)[C@H]2[C@@H](OC(C)=O)[C@@H](C)C[C@]2(O)C(=O)[C@@H](C)/C=C/C(C)(C)[C@H](O)[C@H](OC(=O)C(C)CC)[C@H]1OC(=O)C(C)C. The van der Waals surface area contributed by atoms with Crippen molar-refractivity contribution in [2.75, 3.05) is 0 Å². The van der Waals surface area contributed by atoms with Gasteiger partial charge in [0.15, 0.2) is 18.0 Å². The highest BCUT2D eigenvalue weighted by Crippen LogP contribution is 2.48. The number of rotatable bonds is 6. The number of fused-ring (bicyclic) bond motifs is 1. The minimum Gasteiger partial charge on any atom is -0.462 e. The molecule has 0 saturated heterocycles. The highest BCUT2D eigenvalue weighted by molar-refractivity contribution is 5.91. The van der Waals surface area contributed by atoms with Crippen LogP contribution in [0.1, 0.15) is 75.2 Å².